The monoisotopic (exact) mass is 490 g/mol. The molecule has 1 aliphatic heterocycles. The van der Waals surface area contributed by atoms with Crippen LogP contribution in [0.2, 0.25) is 5.02 Å². The largest absolute Gasteiger partial charge is 0.350 e. The van der Waals surface area contributed by atoms with Gasteiger partial charge in [0.1, 0.15) is 11.6 Å². The predicted molar refractivity (Wildman–Crippen MR) is 122 cm³/mol. The molecule has 1 saturated carbocycles. The van der Waals surface area contributed by atoms with Crippen LogP contribution >= 0.6 is 11.6 Å². The van der Waals surface area contributed by atoms with Crippen LogP contribution in [0.25, 0.3) is 0 Å². The molecule has 2 aromatic carbocycles. The van der Waals surface area contributed by atoms with Crippen LogP contribution in [0.15, 0.2) is 42.5 Å². The zero-order valence-corrected chi connectivity index (χ0v) is 19.1. The van der Waals surface area contributed by atoms with E-state index >= 15 is 0 Å². The molecule has 0 aromatic heterocycles. The number of nitrogens with two attached hydrogens (primary N) is 1. The Morgan fingerprint density at radius 2 is 1.38 bits per heavy atom. The van der Waals surface area contributed by atoms with Gasteiger partial charge in [-0.25, -0.2) is 8.78 Å². The molecule has 4 rings (SSSR count). The predicted octanol–water partition coefficient (Wildman–Crippen LogP) is 2.93. The molecule has 1 aliphatic carbocycles. The third-order valence-corrected chi connectivity index (χ3v) is 6.50. The molecule has 0 bridgehead atoms. The summed E-state index contributed by atoms with van der Waals surface area (Å²) < 4.78 is 27.5. The third-order valence-electron chi connectivity index (χ3n) is 6.25. The first-order valence-corrected chi connectivity index (χ1v) is 11.5. The van der Waals surface area contributed by atoms with Crippen molar-refractivity contribution in [3.63, 3.8) is 0 Å². The Balaban J connectivity index is 1.62. The topological polar surface area (TPSA) is 95.7 Å². The van der Waals surface area contributed by atoms with Crippen LogP contribution in [0.1, 0.15) is 46.4 Å². The van der Waals surface area contributed by atoms with Crippen LogP contribution in [-0.2, 0) is 4.79 Å². The maximum Gasteiger partial charge on any atom is 0.264 e. The Bertz CT molecular complexity index is 1070. The molecule has 2 fully saturated rings. The smallest absolute Gasteiger partial charge is 0.264 e. The van der Waals surface area contributed by atoms with Crippen LogP contribution in [0.4, 0.5) is 8.78 Å². The number of amides is 3. The molecule has 1 saturated heterocycles. The summed E-state index contributed by atoms with van der Waals surface area (Å²) in [4.78, 5) is 42.3. The van der Waals surface area contributed by atoms with E-state index in [4.69, 9.17) is 17.3 Å². The second-order valence-corrected chi connectivity index (χ2v) is 9.09. The molecule has 2 aromatic rings. The van der Waals surface area contributed by atoms with E-state index < -0.39 is 35.5 Å². The summed E-state index contributed by atoms with van der Waals surface area (Å²) in [6.07, 6.45) is 1.63. The van der Waals surface area contributed by atoms with Gasteiger partial charge in [0.25, 0.3) is 17.7 Å². The van der Waals surface area contributed by atoms with Crippen molar-refractivity contribution in [2.75, 3.05) is 13.1 Å². The van der Waals surface area contributed by atoms with Crippen LogP contribution in [0.3, 0.4) is 0 Å². The SMILES string of the molecule is NC1CCC(NC(=O)C2N(C(=O)c3ccc(Cl)cc3)CCN2C(=O)c2cc(F)cc(F)c2)CC1. The minimum absolute atomic E-state index is 0.0317. The lowest BCUT2D eigenvalue weighted by Gasteiger charge is -2.32. The van der Waals surface area contributed by atoms with Gasteiger partial charge in [0.2, 0.25) is 0 Å². The van der Waals surface area contributed by atoms with E-state index in [0.29, 0.717) is 29.5 Å². The van der Waals surface area contributed by atoms with Gasteiger partial charge < -0.3 is 20.9 Å². The van der Waals surface area contributed by atoms with Gasteiger partial charge in [-0.3, -0.25) is 14.4 Å². The van der Waals surface area contributed by atoms with Crippen molar-refractivity contribution in [1.82, 2.24) is 15.1 Å². The standard InChI is InChI=1S/C24H25ClF2N4O3/c25-16-3-1-14(2-4-16)23(33)30-9-10-31(24(34)15-11-17(26)13-18(27)12-15)22(30)21(32)29-20-7-5-19(28)6-8-20/h1-4,11-13,19-20,22H,5-10,28H2,(H,29,32). The molecule has 1 unspecified atom stereocenters. The lowest BCUT2D eigenvalue weighted by molar-refractivity contribution is -0.129. The quantitative estimate of drug-likeness (QED) is 0.689. The highest BCUT2D eigenvalue weighted by atomic mass is 35.5. The number of halogens is 3. The van der Waals surface area contributed by atoms with Gasteiger partial charge in [0.15, 0.2) is 6.17 Å². The molecular weight excluding hydrogens is 466 g/mol. The average molecular weight is 491 g/mol. The Morgan fingerprint density at radius 3 is 1.94 bits per heavy atom. The van der Waals surface area contributed by atoms with Gasteiger partial charge in [-0.1, -0.05) is 11.6 Å². The van der Waals surface area contributed by atoms with E-state index in [1.54, 1.807) is 12.1 Å². The van der Waals surface area contributed by atoms with Crippen molar-refractivity contribution in [1.29, 1.82) is 0 Å². The maximum atomic E-state index is 13.8. The van der Waals surface area contributed by atoms with E-state index in [-0.39, 0.29) is 30.7 Å². The first-order valence-electron chi connectivity index (χ1n) is 11.1. The zero-order valence-electron chi connectivity index (χ0n) is 18.3. The van der Waals surface area contributed by atoms with Gasteiger partial charge >= 0.3 is 0 Å². The molecule has 1 heterocycles. The number of nitrogens with zero attached hydrogens (tertiary/aromatic N) is 2. The maximum absolute atomic E-state index is 13.8. The number of carbonyl (C=O) groups is 3. The second kappa shape index (κ2) is 10.1. The van der Waals surface area contributed by atoms with E-state index in [1.165, 1.54) is 21.9 Å². The van der Waals surface area contributed by atoms with Crippen molar-refractivity contribution in [3.05, 3.63) is 70.2 Å². The fourth-order valence-corrected chi connectivity index (χ4v) is 4.60. The fraction of sp³-hybridized carbons (Fsp3) is 0.375. The van der Waals surface area contributed by atoms with Crippen LogP contribution in [0.5, 0.6) is 0 Å². The average Bonchev–Trinajstić information content (AvgIpc) is 3.25. The summed E-state index contributed by atoms with van der Waals surface area (Å²) in [6.45, 7) is 0.114. The van der Waals surface area contributed by atoms with Gasteiger partial charge in [-0.05, 0) is 62.1 Å². The summed E-state index contributed by atoms with van der Waals surface area (Å²) in [5.74, 6) is -3.53. The molecule has 0 radical (unpaired) electrons. The van der Waals surface area contributed by atoms with Crippen molar-refractivity contribution >= 4 is 29.3 Å². The van der Waals surface area contributed by atoms with Crippen LogP contribution in [0, 0.1) is 11.6 Å². The molecule has 34 heavy (non-hydrogen) atoms. The highest BCUT2D eigenvalue weighted by Gasteiger charge is 2.44. The van der Waals surface area contributed by atoms with Crippen molar-refractivity contribution in [3.8, 4) is 0 Å². The van der Waals surface area contributed by atoms with Gasteiger partial charge in [-0.15, -0.1) is 0 Å². The third kappa shape index (κ3) is 5.20. The number of nitrogens with one attached hydrogen (secondary N) is 1. The molecule has 2 aliphatic rings. The molecule has 3 amide bonds. The Hall–Kier alpha value is -3.04. The second-order valence-electron chi connectivity index (χ2n) is 8.66. The van der Waals surface area contributed by atoms with Gasteiger partial charge in [-0.2, -0.15) is 0 Å². The Morgan fingerprint density at radius 1 is 0.853 bits per heavy atom. The van der Waals surface area contributed by atoms with Gasteiger partial charge in [0, 0.05) is 47.4 Å². The summed E-state index contributed by atoms with van der Waals surface area (Å²) in [5.41, 5.74) is 6.01. The minimum atomic E-state index is -1.27. The van der Waals surface area contributed by atoms with E-state index in [2.05, 4.69) is 5.32 Å². The first-order chi connectivity index (χ1) is 16.2. The lowest BCUT2D eigenvalue weighted by Crippen LogP contribution is -2.56. The zero-order chi connectivity index (χ0) is 24.4. The summed E-state index contributed by atoms with van der Waals surface area (Å²) in [6, 6.07) is 8.62. The molecule has 3 N–H and O–H groups in total. The molecule has 0 spiro atoms. The molecule has 7 nitrogen and oxygen atoms in total. The van der Waals surface area contributed by atoms with Crippen molar-refractivity contribution in [2.24, 2.45) is 5.73 Å². The summed E-state index contributed by atoms with van der Waals surface area (Å²) >= 11 is 5.92. The van der Waals surface area contributed by atoms with E-state index in [0.717, 1.165) is 25.0 Å². The van der Waals surface area contributed by atoms with Crippen LogP contribution < -0.4 is 11.1 Å². The van der Waals surface area contributed by atoms with E-state index in [9.17, 15) is 23.2 Å². The summed E-state index contributed by atoms with van der Waals surface area (Å²) in [7, 11) is 0. The fourth-order valence-electron chi connectivity index (χ4n) is 4.48. The van der Waals surface area contributed by atoms with Crippen molar-refractivity contribution < 1.29 is 23.2 Å². The number of carbonyl (C=O) groups excluding carboxylic acids is 3. The molecule has 180 valence electrons. The van der Waals surface area contributed by atoms with Crippen molar-refractivity contribution in [2.45, 2.75) is 43.9 Å². The normalized spacial score (nSPS) is 22.5. The number of hydrogen-bond acceptors (Lipinski definition) is 4. The highest BCUT2D eigenvalue weighted by molar-refractivity contribution is 6.30. The number of rotatable bonds is 4. The van der Waals surface area contributed by atoms with E-state index in [1.807, 2.05) is 0 Å². The summed E-state index contributed by atoms with van der Waals surface area (Å²) in [5, 5.41) is 3.39. The highest BCUT2D eigenvalue weighted by Crippen LogP contribution is 2.24. The Kier molecular flexibility index (Phi) is 7.13. The Labute approximate surface area is 200 Å². The van der Waals surface area contributed by atoms with Crippen LogP contribution in [-0.4, -0.2) is 58.9 Å². The molecule has 10 heteroatoms. The number of benzene rings is 2. The number of hydrogen-bond donors (Lipinski definition) is 2. The first kappa shape index (κ1) is 24.1. The molecule has 1 atom stereocenters. The van der Waals surface area contributed by atoms with Gasteiger partial charge in [0.05, 0.1) is 0 Å². The molecular formula is C24H25ClF2N4O3. The lowest BCUT2D eigenvalue weighted by atomic mass is 9.92. The minimum Gasteiger partial charge on any atom is -0.350 e.